The van der Waals surface area contributed by atoms with Crippen molar-refractivity contribution in [2.24, 2.45) is 0 Å². The van der Waals surface area contributed by atoms with Gasteiger partial charge in [-0.15, -0.1) is 0 Å². The third-order valence-electron chi connectivity index (χ3n) is 4.05. The molecule has 114 valence electrons. The van der Waals surface area contributed by atoms with E-state index in [2.05, 4.69) is 5.32 Å². The summed E-state index contributed by atoms with van der Waals surface area (Å²) in [6, 6.07) is 6.98. The Morgan fingerprint density at radius 2 is 2.00 bits per heavy atom. The Labute approximate surface area is 125 Å². The van der Waals surface area contributed by atoms with Gasteiger partial charge in [0.2, 0.25) is 5.91 Å². The van der Waals surface area contributed by atoms with Gasteiger partial charge in [-0.2, -0.15) is 0 Å². The number of amides is 2. The van der Waals surface area contributed by atoms with E-state index in [0.29, 0.717) is 30.8 Å². The smallest absolute Gasteiger partial charge is 0.254 e. The second kappa shape index (κ2) is 6.16. The molecule has 1 aromatic carbocycles. The summed E-state index contributed by atoms with van der Waals surface area (Å²) >= 11 is 0. The minimum absolute atomic E-state index is 0.0793. The predicted molar refractivity (Wildman–Crippen MR) is 80.4 cm³/mol. The predicted octanol–water partition coefficient (Wildman–Crippen LogP) is 1.83. The van der Waals surface area contributed by atoms with Crippen LogP contribution in [-0.2, 0) is 4.79 Å². The zero-order valence-electron chi connectivity index (χ0n) is 12.8. The number of nitrogens with one attached hydrogen (secondary N) is 1. The summed E-state index contributed by atoms with van der Waals surface area (Å²) < 4.78 is 5.10. The number of carbonyl (C=O) groups excluding carboxylic acids is 2. The second-order valence-electron chi connectivity index (χ2n) is 5.42. The molecule has 1 aliphatic rings. The number of ether oxygens (including phenoxy) is 1. The molecule has 1 fully saturated rings. The zero-order valence-corrected chi connectivity index (χ0v) is 12.8. The van der Waals surface area contributed by atoms with Gasteiger partial charge in [0.05, 0.1) is 7.11 Å². The Hall–Kier alpha value is -2.04. The Kier molecular flexibility index (Phi) is 4.50. The standard InChI is InChI=1S/C16H22N2O3/c1-4-17-15(20)16(2)10-5-11-18(16)14(19)12-6-8-13(21-3)9-7-12/h6-9H,4-5,10-11H2,1-3H3,(H,17,20). The third kappa shape index (κ3) is 2.86. The lowest BCUT2D eigenvalue weighted by molar-refractivity contribution is -0.129. The quantitative estimate of drug-likeness (QED) is 0.920. The van der Waals surface area contributed by atoms with Crippen LogP contribution in [0.5, 0.6) is 5.75 Å². The van der Waals surface area contributed by atoms with Crippen LogP contribution in [0.4, 0.5) is 0 Å². The maximum absolute atomic E-state index is 12.7. The highest BCUT2D eigenvalue weighted by atomic mass is 16.5. The van der Waals surface area contributed by atoms with E-state index >= 15 is 0 Å². The van der Waals surface area contributed by atoms with Crippen LogP contribution in [0, 0.1) is 0 Å². The fraction of sp³-hybridized carbons (Fsp3) is 0.500. The van der Waals surface area contributed by atoms with E-state index in [0.717, 1.165) is 6.42 Å². The normalized spacial score (nSPS) is 21.2. The van der Waals surface area contributed by atoms with Crippen molar-refractivity contribution in [2.45, 2.75) is 32.2 Å². The molecule has 1 N–H and O–H groups in total. The number of rotatable bonds is 4. The lowest BCUT2D eigenvalue weighted by atomic mass is 9.97. The van der Waals surface area contributed by atoms with Crippen LogP contribution in [0.15, 0.2) is 24.3 Å². The van der Waals surface area contributed by atoms with Crippen molar-refractivity contribution < 1.29 is 14.3 Å². The van der Waals surface area contributed by atoms with Crippen LogP contribution in [0.3, 0.4) is 0 Å². The fourth-order valence-electron chi connectivity index (χ4n) is 2.77. The van der Waals surface area contributed by atoms with Crippen molar-refractivity contribution in [2.75, 3.05) is 20.2 Å². The van der Waals surface area contributed by atoms with Crippen LogP contribution in [0.25, 0.3) is 0 Å². The van der Waals surface area contributed by atoms with Gasteiger partial charge in [0, 0.05) is 18.7 Å². The second-order valence-corrected chi connectivity index (χ2v) is 5.42. The average Bonchev–Trinajstić information content (AvgIpc) is 2.90. The minimum Gasteiger partial charge on any atom is -0.497 e. The summed E-state index contributed by atoms with van der Waals surface area (Å²) in [7, 11) is 1.59. The average molecular weight is 290 g/mol. The molecule has 1 aliphatic heterocycles. The maximum atomic E-state index is 12.7. The van der Waals surface area contributed by atoms with Crippen LogP contribution >= 0.6 is 0 Å². The molecule has 1 aromatic rings. The molecule has 1 atom stereocenters. The molecule has 2 amide bonds. The number of hydrogen-bond acceptors (Lipinski definition) is 3. The molecular weight excluding hydrogens is 268 g/mol. The molecule has 5 heteroatoms. The van der Waals surface area contributed by atoms with E-state index in [4.69, 9.17) is 4.74 Å². The highest BCUT2D eigenvalue weighted by molar-refractivity contribution is 5.99. The molecule has 1 heterocycles. The molecule has 21 heavy (non-hydrogen) atoms. The van der Waals surface area contributed by atoms with Crippen LogP contribution in [0.1, 0.15) is 37.0 Å². The number of nitrogens with zero attached hydrogens (tertiary/aromatic N) is 1. The summed E-state index contributed by atoms with van der Waals surface area (Å²) in [5.74, 6) is 0.521. The molecule has 0 radical (unpaired) electrons. The molecule has 5 nitrogen and oxygen atoms in total. The molecule has 0 spiro atoms. The number of likely N-dealkylation sites (tertiary alicyclic amines) is 1. The monoisotopic (exact) mass is 290 g/mol. The number of methoxy groups -OCH3 is 1. The fourth-order valence-corrected chi connectivity index (χ4v) is 2.77. The number of hydrogen-bond donors (Lipinski definition) is 1. The Morgan fingerprint density at radius 3 is 2.57 bits per heavy atom. The first-order chi connectivity index (χ1) is 10.0. The van der Waals surface area contributed by atoms with Crippen LogP contribution in [0.2, 0.25) is 0 Å². The van der Waals surface area contributed by atoms with Crippen molar-refractivity contribution in [3.8, 4) is 5.75 Å². The summed E-state index contributed by atoms with van der Waals surface area (Å²) in [5.41, 5.74) is -0.180. The Bertz CT molecular complexity index is 527. The van der Waals surface area contributed by atoms with Gasteiger partial charge in [-0.05, 0) is 51.0 Å². The summed E-state index contributed by atoms with van der Waals surface area (Å²) in [6.07, 6.45) is 1.54. The van der Waals surface area contributed by atoms with Crippen molar-refractivity contribution in [1.29, 1.82) is 0 Å². The number of likely N-dealkylation sites (N-methyl/N-ethyl adjacent to an activating group) is 1. The lowest BCUT2D eigenvalue weighted by Crippen LogP contribution is -2.55. The highest BCUT2D eigenvalue weighted by Crippen LogP contribution is 2.31. The Morgan fingerprint density at radius 1 is 1.33 bits per heavy atom. The topological polar surface area (TPSA) is 58.6 Å². The van der Waals surface area contributed by atoms with Crippen LogP contribution in [-0.4, -0.2) is 42.5 Å². The summed E-state index contributed by atoms with van der Waals surface area (Å²) in [5, 5.41) is 2.83. The van der Waals surface area contributed by atoms with Gasteiger partial charge in [0.25, 0.3) is 5.91 Å². The molecule has 0 aromatic heterocycles. The van der Waals surface area contributed by atoms with Gasteiger partial charge in [-0.25, -0.2) is 0 Å². The largest absolute Gasteiger partial charge is 0.497 e. The SMILES string of the molecule is CCNC(=O)C1(C)CCCN1C(=O)c1ccc(OC)cc1. The zero-order chi connectivity index (χ0) is 15.5. The first-order valence-electron chi connectivity index (χ1n) is 7.27. The molecule has 1 saturated heterocycles. The van der Waals surface area contributed by atoms with E-state index in [1.54, 1.807) is 36.3 Å². The van der Waals surface area contributed by atoms with Gasteiger partial charge in [0.1, 0.15) is 11.3 Å². The van der Waals surface area contributed by atoms with E-state index in [1.807, 2.05) is 13.8 Å². The van der Waals surface area contributed by atoms with E-state index in [1.165, 1.54) is 0 Å². The molecule has 0 bridgehead atoms. The third-order valence-corrected chi connectivity index (χ3v) is 4.05. The summed E-state index contributed by atoms with van der Waals surface area (Å²) in [4.78, 5) is 26.6. The van der Waals surface area contributed by atoms with Gasteiger partial charge >= 0.3 is 0 Å². The van der Waals surface area contributed by atoms with Gasteiger partial charge in [-0.3, -0.25) is 9.59 Å². The maximum Gasteiger partial charge on any atom is 0.254 e. The van der Waals surface area contributed by atoms with Gasteiger partial charge in [0.15, 0.2) is 0 Å². The molecule has 0 aliphatic carbocycles. The van der Waals surface area contributed by atoms with Crippen LogP contribution < -0.4 is 10.1 Å². The van der Waals surface area contributed by atoms with E-state index < -0.39 is 5.54 Å². The van der Waals surface area contributed by atoms with Crippen molar-refractivity contribution >= 4 is 11.8 Å². The lowest BCUT2D eigenvalue weighted by Gasteiger charge is -2.33. The highest BCUT2D eigenvalue weighted by Gasteiger charge is 2.45. The number of carbonyl (C=O) groups is 2. The summed E-state index contributed by atoms with van der Waals surface area (Å²) in [6.45, 7) is 4.90. The van der Waals surface area contributed by atoms with E-state index in [9.17, 15) is 9.59 Å². The molecular formula is C16H22N2O3. The molecule has 1 unspecified atom stereocenters. The first kappa shape index (κ1) is 15.4. The Balaban J connectivity index is 2.22. The molecule has 0 saturated carbocycles. The van der Waals surface area contributed by atoms with Gasteiger partial charge in [-0.1, -0.05) is 0 Å². The minimum atomic E-state index is -0.757. The van der Waals surface area contributed by atoms with Crippen molar-refractivity contribution in [3.63, 3.8) is 0 Å². The number of benzene rings is 1. The van der Waals surface area contributed by atoms with E-state index in [-0.39, 0.29) is 11.8 Å². The van der Waals surface area contributed by atoms with Gasteiger partial charge < -0.3 is 15.0 Å². The molecule has 2 rings (SSSR count). The van der Waals surface area contributed by atoms with Crippen molar-refractivity contribution in [1.82, 2.24) is 10.2 Å². The first-order valence-corrected chi connectivity index (χ1v) is 7.27. The van der Waals surface area contributed by atoms with Crippen molar-refractivity contribution in [3.05, 3.63) is 29.8 Å².